The van der Waals surface area contributed by atoms with Crippen LogP contribution >= 0.6 is 0 Å². The Balaban J connectivity index is 2.36. The molecule has 0 amide bonds. The van der Waals surface area contributed by atoms with E-state index in [0.717, 1.165) is 18.2 Å². The number of ketones is 1. The highest BCUT2D eigenvalue weighted by Gasteiger charge is 2.30. The topological polar surface area (TPSA) is 29.4 Å². The van der Waals surface area contributed by atoms with Crippen LogP contribution in [0.3, 0.4) is 0 Å². The van der Waals surface area contributed by atoms with Gasteiger partial charge in [-0.2, -0.15) is 0 Å². The van der Waals surface area contributed by atoms with Crippen LogP contribution in [0, 0.1) is 11.6 Å². The van der Waals surface area contributed by atoms with Gasteiger partial charge in [-0.1, -0.05) is 6.08 Å². The first-order chi connectivity index (χ1) is 7.61. The highest BCUT2D eigenvalue weighted by molar-refractivity contribution is 6.08. The summed E-state index contributed by atoms with van der Waals surface area (Å²) in [5.74, 6) is -2.27. The number of hydrogen-bond donors (Lipinski definition) is 0. The van der Waals surface area contributed by atoms with Crippen LogP contribution in [0.5, 0.6) is 0 Å². The number of carbonyl (C=O) groups excluding carboxylic acids is 1. The lowest BCUT2D eigenvalue weighted by Gasteiger charge is -2.07. The van der Waals surface area contributed by atoms with Crippen molar-refractivity contribution in [2.24, 2.45) is 4.99 Å². The van der Waals surface area contributed by atoms with E-state index in [2.05, 4.69) is 11.6 Å². The number of halogens is 2. The highest BCUT2D eigenvalue weighted by Crippen LogP contribution is 2.24. The largest absolute Gasteiger partial charge is 0.296 e. The van der Waals surface area contributed by atoms with Gasteiger partial charge in [0.1, 0.15) is 17.7 Å². The molecule has 4 heteroatoms. The second kappa shape index (κ2) is 3.96. The van der Waals surface area contributed by atoms with E-state index < -0.39 is 23.6 Å². The Morgan fingerprint density at radius 1 is 1.25 bits per heavy atom. The number of Topliss-reactive ketones (excluding diaryl/α,β-unsaturated/α-hetero) is 1. The van der Waals surface area contributed by atoms with Crippen molar-refractivity contribution in [3.05, 3.63) is 48.1 Å². The summed E-state index contributed by atoms with van der Waals surface area (Å²) in [7, 11) is 0. The van der Waals surface area contributed by atoms with Crippen LogP contribution < -0.4 is 0 Å². The minimum Gasteiger partial charge on any atom is -0.296 e. The molecule has 2 nitrogen and oxygen atoms in total. The predicted octanol–water partition coefficient (Wildman–Crippen LogP) is 2.26. The first-order valence-electron chi connectivity index (χ1n) is 4.77. The van der Waals surface area contributed by atoms with Crippen LogP contribution in [0.25, 0.3) is 0 Å². The number of carbonyl (C=O) groups is 1. The SMILES string of the molecule is C=CC1N=CC(c2cc(F)cc(F)c2)C1=O. The van der Waals surface area contributed by atoms with Gasteiger partial charge in [-0.15, -0.1) is 6.58 Å². The summed E-state index contributed by atoms with van der Waals surface area (Å²) in [5.41, 5.74) is 0.288. The molecule has 0 bridgehead atoms. The van der Waals surface area contributed by atoms with Crippen LogP contribution in [0.15, 0.2) is 35.8 Å². The summed E-state index contributed by atoms with van der Waals surface area (Å²) in [4.78, 5) is 15.6. The fourth-order valence-electron chi connectivity index (χ4n) is 1.69. The highest BCUT2D eigenvalue weighted by atomic mass is 19.1. The van der Waals surface area contributed by atoms with Gasteiger partial charge in [0, 0.05) is 12.3 Å². The van der Waals surface area contributed by atoms with E-state index in [1.807, 2.05) is 0 Å². The van der Waals surface area contributed by atoms with Crippen molar-refractivity contribution in [3.8, 4) is 0 Å². The Hall–Kier alpha value is -1.84. The lowest BCUT2D eigenvalue weighted by atomic mass is 9.94. The fraction of sp³-hybridized carbons (Fsp3) is 0.167. The monoisotopic (exact) mass is 221 g/mol. The third-order valence-corrected chi connectivity index (χ3v) is 2.46. The minimum atomic E-state index is -0.696. The molecule has 0 N–H and O–H groups in total. The van der Waals surface area contributed by atoms with Gasteiger partial charge in [-0.25, -0.2) is 8.78 Å². The van der Waals surface area contributed by atoms with Crippen LogP contribution in [0.2, 0.25) is 0 Å². The zero-order chi connectivity index (χ0) is 11.7. The zero-order valence-electron chi connectivity index (χ0n) is 8.36. The average Bonchev–Trinajstić information content (AvgIpc) is 2.58. The summed E-state index contributed by atoms with van der Waals surface area (Å²) in [5, 5.41) is 0. The minimum absolute atomic E-state index is 0.208. The molecule has 1 aromatic carbocycles. The molecule has 0 saturated carbocycles. The molecule has 0 spiro atoms. The van der Waals surface area contributed by atoms with Crippen molar-refractivity contribution in [1.29, 1.82) is 0 Å². The van der Waals surface area contributed by atoms with E-state index in [9.17, 15) is 13.6 Å². The van der Waals surface area contributed by atoms with Gasteiger partial charge in [0.25, 0.3) is 0 Å². The van der Waals surface area contributed by atoms with Gasteiger partial charge >= 0.3 is 0 Å². The molecular weight excluding hydrogens is 212 g/mol. The van der Waals surface area contributed by atoms with E-state index in [1.54, 1.807) is 0 Å². The van der Waals surface area contributed by atoms with Gasteiger partial charge in [-0.05, 0) is 17.7 Å². The second-order valence-electron chi connectivity index (χ2n) is 3.56. The number of benzene rings is 1. The number of nitrogens with zero attached hydrogens (tertiary/aromatic N) is 1. The smallest absolute Gasteiger partial charge is 0.173 e. The lowest BCUT2D eigenvalue weighted by molar-refractivity contribution is -0.118. The molecule has 1 aromatic rings. The standard InChI is InChI=1S/C12H9F2NO/c1-2-11-12(16)10(6-15-11)7-3-8(13)5-9(14)4-7/h2-6,10-11H,1H2. The van der Waals surface area contributed by atoms with E-state index in [0.29, 0.717) is 0 Å². The Morgan fingerprint density at radius 2 is 1.88 bits per heavy atom. The Bertz CT molecular complexity index is 462. The molecule has 0 aliphatic carbocycles. The molecular formula is C12H9F2NO. The Labute approximate surface area is 91.3 Å². The van der Waals surface area contributed by atoms with Crippen molar-refractivity contribution >= 4 is 12.0 Å². The van der Waals surface area contributed by atoms with Crippen LogP contribution in [-0.2, 0) is 4.79 Å². The third-order valence-electron chi connectivity index (χ3n) is 2.46. The van der Waals surface area contributed by atoms with E-state index >= 15 is 0 Å². The molecule has 1 heterocycles. The van der Waals surface area contributed by atoms with Gasteiger partial charge in [-0.3, -0.25) is 9.79 Å². The summed E-state index contributed by atoms with van der Waals surface area (Å²) >= 11 is 0. The number of rotatable bonds is 2. The molecule has 16 heavy (non-hydrogen) atoms. The molecule has 1 aliphatic rings. The molecule has 2 rings (SSSR count). The van der Waals surface area contributed by atoms with Crippen molar-refractivity contribution in [2.75, 3.05) is 0 Å². The van der Waals surface area contributed by atoms with E-state index in [1.165, 1.54) is 12.3 Å². The first-order valence-corrected chi connectivity index (χ1v) is 4.77. The number of aliphatic imine (C=N–C) groups is 1. The van der Waals surface area contributed by atoms with Crippen molar-refractivity contribution in [2.45, 2.75) is 12.0 Å². The quantitative estimate of drug-likeness (QED) is 0.704. The van der Waals surface area contributed by atoms with Crippen LogP contribution in [0.4, 0.5) is 8.78 Å². The molecule has 0 aromatic heterocycles. The maximum atomic E-state index is 13.0. The van der Waals surface area contributed by atoms with Gasteiger partial charge in [0.15, 0.2) is 5.78 Å². The normalized spacial score (nSPS) is 23.8. The van der Waals surface area contributed by atoms with Crippen molar-refractivity contribution < 1.29 is 13.6 Å². The predicted molar refractivity (Wildman–Crippen MR) is 56.6 cm³/mol. The summed E-state index contributed by atoms with van der Waals surface area (Å²) in [6, 6.07) is 2.45. The molecule has 2 unspecified atom stereocenters. The molecule has 0 saturated heterocycles. The second-order valence-corrected chi connectivity index (χ2v) is 3.56. The van der Waals surface area contributed by atoms with Crippen LogP contribution in [-0.4, -0.2) is 18.0 Å². The average molecular weight is 221 g/mol. The third kappa shape index (κ3) is 1.78. The molecule has 1 aliphatic heterocycles. The Morgan fingerprint density at radius 3 is 2.38 bits per heavy atom. The van der Waals surface area contributed by atoms with Gasteiger partial charge < -0.3 is 0 Å². The maximum absolute atomic E-state index is 13.0. The van der Waals surface area contributed by atoms with Crippen molar-refractivity contribution in [1.82, 2.24) is 0 Å². The Kier molecular flexibility index (Phi) is 2.64. The molecule has 0 radical (unpaired) electrons. The molecule has 0 fully saturated rings. The summed E-state index contributed by atoms with van der Waals surface area (Å²) in [6.07, 6.45) is 2.82. The van der Waals surface area contributed by atoms with Crippen molar-refractivity contribution in [3.63, 3.8) is 0 Å². The fourth-order valence-corrected chi connectivity index (χ4v) is 1.69. The summed E-state index contributed by atoms with van der Waals surface area (Å²) in [6.45, 7) is 3.47. The lowest BCUT2D eigenvalue weighted by Crippen LogP contribution is -2.17. The van der Waals surface area contributed by atoms with E-state index in [-0.39, 0.29) is 11.3 Å². The van der Waals surface area contributed by atoms with Gasteiger partial charge in [0.05, 0.1) is 5.92 Å². The van der Waals surface area contributed by atoms with Gasteiger partial charge in [0.2, 0.25) is 0 Å². The first kappa shape index (κ1) is 10.7. The van der Waals surface area contributed by atoms with E-state index in [4.69, 9.17) is 0 Å². The molecule has 2 atom stereocenters. The number of hydrogen-bond acceptors (Lipinski definition) is 2. The zero-order valence-corrected chi connectivity index (χ0v) is 8.36. The maximum Gasteiger partial charge on any atom is 0.173 e. The molecule has 82 valence electrons. The van der Waals surface area contributed by atoms with Crippen LogP contribution in [0.1, 0.15) is 11.5 Å². The summed E-state index contributed by atoms with van der Waals surface area (Å²) < 4.78 is 25.9.